The van der Waals surface area contributed by atoms with Crippen LogP contribution in [0, 0.1) is 17.2 Å². The van der Waals surface area contributed by atoms with Gasteiger partial charge >= 0.3 is 0 Å². The summed E-state index contributed by atoms with van der Waals surface area (Å²) in [6.45, 7) is 4.80. The highest BCUT2D eigenvalue weighted by atomic mass is 35.5. The molecule has 6 heteroatoms. The van der Waals surface area contributed by atoms with Crippen LogP contribution in [0.2, 0.25) is 5.02 Å². The predicted octanol–water partition coefficient (Wildman–Crippen LogP) is 3.20. The number of halogens is 1. The zero-order valence-corrected chi connectivity index (χ0v) is 15.3. The minimum Gasteiger partial charge on any atom is -0.493 e. The summed E-state index contributed by atoms with van der Waals surface area (Å²) >= 11 is 5.94. The second kappa shape index (κ2) is 7.53. The molecule has 26 heavy (non-hydrogen) atoms. The summed E-state index contributed by atoms with van der Waals surface area (Å²) in [5, 5.41) is 9.66. The lowest BCUT2D eigenvalue weighted by molar-refractivity contribution is 0.216. The Bertz CT molecular complexity index is 804. The number of anilines is 1. The topological polar surface area (TPSA) is 52.4 Å². The third kappa shape index (κ3) is 3.77. The first-order chi connectivity index (χ1) is 12.7. The van der Waals surface area contributed by atoms with Crippen molar-refractivity contribution >= 4 is 17.4 Å². The van der Waals surface area contributed by atoms with Crippen molar-refractivity contribution < 1.29 is 4.74 Å². The summed E-state index contributed by atoms with van der Waals surface area (Å²) in [5.41, 5.74) is 0.637. The Balaban J connectivity index is 1.33. The molecule has 2 aliphatic heterocycles. The van der Waals surface area contributed by atoms with Gasteiger partial charge in [0.05, 0.1) is 23.3 Å². The van der Waals surface area contributed by atoms with E-state index in [4.69, 9.17) is 21.6 Å². The van der Waals surface area contributed by atoms with Gasteiger partial charge < -0.3 is 9.64 Å². The van der Waals surface area contributed by atoms with Gasteiger partial charge in [-0.05, 0) is 36.8 Å². The smallest absolute Gasteiger partial charge is 0.128 e. The lowest BCUT2D eigenvalue weighted by Crippen LogP contribution is -2.50. The second-order valence-electron chi connectivity index (χ2n) is 6.98. The van der Waals surface area contributed by atoms with Crippen molar-refractivity contribution in [2.75, 3.05) is 37.7 Å². The van der Waals surface area contributed by atoms with Crippen LogP contribution in [0.15, 0.2) is 42.6 Å². The fourth-order valence-corrected chi connectivity index (χ4v) is 4.01. The highest BCUT2D eigenvalue weighted by Crippen LogP contribution is 2.29. The van der Waals surface area contributed by atoms with Crippen molar-refractivity contribution in [3.63, 3.8) is 0 Å². The van der Waals surface area contributed by atoms with E-state index in [-0.39, 0.29) is 0 Å². The summed E-state index contributed by atoms with van der Waals surface area (Å²) in [6, 6.07) is 14.0. The van der Waals surface area contributed by atoms with Crippen molar-refractivity contribution in [1.82, 2.24) is 9.88 Å². The van der Waals surface area contributed by atoms with E-state index < -0.39 is 0 Å². The molecule has 2 fully saturated rings. The van der Waals surface area contributed by atoms with E-state index in [0.29, 0.717) is 29.2 Å². The molecule has 0 N–H and O–H groups in total. The van der Waals surface area contributed by atoms with Crippen molar-refractivity contribution in [3.8, 4) is 11.8 Å². The van der Waals surface area contributed by atoms with Crippen LogP contribution >= 0.6 is 11.6 Å². The van der Waals surface area contributed by atoms with Crippen LogP contribution in [0.3, 0.4) is 0 Å². The third-order valence-corrected chi connectivity index (χ3v) is 5.41. The van der Waals surface area contributed by atoms with Gasteiger partial charge in [0, 0.05) is 44.3 Å². The molecule has 1 aromatic carbocycles. The SMILES string of the molecule is N#Cc1cccc(OCC2CC3CN(c4ccc(Cl)cn4)CCN3C2)c1. The number of benzene rings is 1. The molecule has 2 aromatic rings. The predicted molar refractivity (Wildman–Crippen MR) is 102 cm³/mol. The van der Waals surface area contributed by atoms with Gasteiger partial charge in [-0.3, -0.25) is 4.90 Å². The average molecular weight is 369 g/mol. The third-order valence-electron chi connectivity index (χ3n) is 5.19. The maximum atomic E-state index is 8.99. The number of hydrogen-bond acceptors (Lipinski definition) is 5. The van der Waals surface area contributed by atoms with Gasteiger partial charge in [0.2, 0.25) is 0 Å². The molecule has 0 radical (unpaired) electrons. The molecular weight excluding hydrogens is 348 g/mol. The molecule has 0 amide bonds. The molecule has 3 heterocycles. The number of nitriles is 1. The molecule has 0 bridgehead atoms. The monoisotopic (exact) mass is 368 g/mol. The van der Waals surface area contributed by atoms with E-state index in [1.54, 1.807) is 18.3 Å². The van der Waals surface area contributed by atoms with Gasteiger partial charge in [-0.1, -0.05) is 17.7 Å². The minimum absolute atomic E-state index is 0.517. The zero-order chi connectivity index (χ0) is 17.9. The molecule has 0 saturated carbocycles. The van der Waals surface area contributed by atoms with Crippen molar-refractivity contribution in [3.05, 3.63) is 53.2 Å². The fourth-order valence-electron chi connectivity index (χ4n) is 3.90. The van der Waals surface area contributed by atoms with Crippen molar-refractivity contribution in [2.24, 2.45) is 5.92 Å². The van der Waals surface area contributed by atoms with Gasteiger partial charge in [0.1, 0.15) is 11.6 Å². The normalized spacial score (nSPS) is 22.7. The Kier molecular flexibility index (Phi) is 4.96. The molecule has 2 aliphatic rings. The van der Waals surface area contributed by atoms with Crippen LogP contribution in [0.1, 0.15) is 12.0 Å². The molecule has 5 nitrogen and oxygen atoms in total. The van der Waals surface area contributed by atoms with Gasteiger partial charge in [-0.15, -0.1) is 0 Å². The summed E-state index contributed by atoms with van der Waals surface area (Å²) in [5.74, 6) is 2.30. The van der Waals surface area contributed by atoms with Crippen LogP contribution in [-0.4, -0.2) is 48.7 Å². The van der Waals surface area contributed by atoms with Gasteiger partial charge in [-0.2, -0.15) is 5.26 Å². The Morgan fingerprint density at radius 2 is 2.15 bits per heavy atom. The van der Waals surface area contributed by atoms with Crippen molar-refractivity contribution in [2.45, 2.75) is 12.5 Å². The molecule has 2 saturated heterocycles. The minimum atomic E-state index is 0.517. The molecular formula is C20H21ClN4O. The number of aromatic nitrogens is 1. The van der Waals surface area contributed by atoms with Crippen LogP contribution in [-0.2, 0) is 0 Å². The van der Waals surface area contributed by atoms with E-state index in [0.717, 1.165) is 44.2 Å². The number of nitrogens with zero attached hydrogens (tertiary/aromatic N) is 4. The van der Waals surface area contributed by atoms with Crippen LogP contribution in [0.5, 0.6) is 5.75 Å². The average Bonchev–Trinajstić information content (AvgIpc) is 3.09. The van der Waals surface area contributed by atoms with E-state index in [9.17, 15) is 0 Å². The van der Waals surface area contributed by atoms with Crippen molar-refractivity contribution in [1.29, 1.82) is 5.26 Å². The number of hydrogen-bond donors (Lipinski definition) is 0. The van der Waals surface area contributed by atoms with E-state index >= 15 is 0 Å². The van der Waals surface area contributed by atoms with Gasteiger partial charge in [0.25, 0.3) is 0 Å². The number of ether oxygens (including phenoxy) is 1. The van der Waals surface area contributed by atoms with E-state index in [1.807, 2.05) is 24.3 Å². The number of pyridine rings is 1. The number of fused-ring (bicyclic) bond motifs is 1. The first-order valence-corrected chi connectivity index (χ1v) is 9.32. The Morgan fingerprint density at radius 1 is 1.23 bits per heavy atom. The molecule has 0 spiro atoms. The van der Waals surface area contributed by atoms with E-state index in [2.05, 4.69) is 20.9 Å². The maximum Gasteiger partial charge on any atom is 0.128 e. The molecule has 2 atom stereocenters. The first kappa shape index (κ1) is 17.1. The second-order valence-corrected chi connectivity index (χ2v) is 7.42. The Labute approximate surface area is 158 Å². The highest BCUT2D eigenvalue weighted by molar-refractivity contribution is 6.30. The summed E-state index contributed by atoms with van der Waals surface area (Å²) in [4.78, 5) is 9.36. The lowest BCUT2D eigenvalue weighted by Gasteiger charge is -2.38. The quantitative estimate of drug-likeness (QED) is 0.829. The standard InChI is InChI=1S/C20H21ClN4O/c21-17-4-5-20(23-11-17)25-7-6-24-12-16(8-18(24)13-25)14-26-19-3-1-2-15(9-19)10-22/h1-5,9,11,16,18H,6-8,12-14H2. The number of piperazine rings is 1. The molecule has 2 unspecified atom stereocenters. The Hall–Kier alpha value is -2.29. The maximum absolute atomic E-state index is 8.99. The molecule has 4 rings (SSSR count). The fraction of sp³-hybridized carbons (Fsp3) is 0.400. The highest BCUT2D eigenvalue weighted by Gasteiger charge is 2.36. The Morgan fingerprint density at radius 3 is 2.96 bits per heavy atom. The van der Waals surface area contributed by atoms with Crippen LogP contribution in [0.4, 0.5) is 5.82 Å². The van der Waals surface area contributed by atoms with Crippen LogP contribution < -0.4 is 9.64 Å². The first-order valence-electron chi connectivity index (χ1n) is 8.95. The lowest BCUT2D eigenvalue weighted by atomic mass is 10.1. The summed E-state index contributed by atoms with van der Waals surface area (Å²) < 4.78 is 5.94. The molecule has 134 valence electrons. The van der Waals surface area contributed by atoms with Crippen LogP contribution in [0.25, 0.3) is 0 Å². The van der Waals surface area contributed by atoms with E-state index in [1.165, 1.54) is 0 Å². The molecule has 1 aromatic heterocycles. The summed E-state index contributed by atoms with van der Waals surface area (Å²) in [7, 11) is 0. The van der Waals surface area contributed by atoms with Gasteiger partial charge in [-0.25, -0.2) is 4.98 Å². The molecule has 0 aliphatic carbocycles. The summed E-state index contributed by atoms with van der Waals surface area (Å²) in [6.07, 6.45) is 2.84. The van der Waals surface area contributed by atoms with Gasteiger partial charge in [0.15, 0.2) is 0 Å². The zero-order valence-electron chi connectivity index (χ0n) is 14.5. The largest absolute Gasteiger partial charge is 0.493 e. The number of rotatable bonds is 4.